The van der Waals surface area contributed by atoms with E-state index in [1.165, 1.54) is 36.6 Å². The minimum Gasteiger partial charge on any atom is -0.493 e. The van der Waals surface area contributed by atoms with Crippen LogP contribution in [0.5, 0.6) is 5.75 Å². The van der Waals surface area contributed by atoms with Crippen molar-refractivity contribution in [2.24, 2.45) is 0 Å². The molecule has 3 aliphatic rings. The quantitative estimate of drug-likeness (QED) is 0.184. The van der Waals surface area contributed by atoms with Crippen LogP contribution in [0.15, 0.2) is 63.9 Å². The zero-order valence-corrected chi connectivity index (χ0v) is 28.1. The SMILES string of the molecule is COc1c(F)ccc2c1CC[C@H]2Nc1nccc2cc(-c3c4c(nc(CCc5ccc(F)cc5)c3-c3n[nH]c(=O)o3)C3COCCN3C4=O)sc12. The van der Waals surface area contributed by atoms with Crippen molar-refractivity contribution in [3.05, 3.63) is 111 Å². The number of H-pyrrole nitrogens is 1. The number of nitrogens with zero attached hydrogens (tertiary/aromatic N) is 4. The molecule has 6 heterocycles. The number of nitrogens with one attached hydrogen (secondary N) is 2. The lowest BCUT2D eigenvalue weighted by Gasteiger charge is -2.29. The Labute approximate surface area is 293 Å². The summed E-state index contributed by atoms with van der Waals surface area (Å²) in [5, 5.41) is 11.1. The van der Waals surface area contributed by atoms with Crippen molar-refractivity contribution >= 4 is 33.1 Å². The number of fused-ring (bicyclic) bond motifs is 5. The Morgan fingerprint density at radius 3 is 2.75 bits per heavy atom. The summed E-state index contributed by atoms with van der Waals surface area (Å²) < 4.78 is 45.8. The third-order valence-electron chi connectivity index (χ3n) is 9.94. The molecule has 9 rings (SSSR count). The highest BCUT2D eigenvalue weighted by atomic mass is 32.1. The molecule has 0 spiro atoms. The predicted octanol–water partition coefficient (Wildman–Crippen LogP) is 6.40. The second-order valence-corrected chi connectivity index (χ2v) is 13.8. The molecule has 2 aliphatic heterocycles. The van der Waals surface area contributed by atoms with Crippen LogP contribution < -0.4 is 15.8 Å². The Morgan fingerprint density at radius 2 is 1.94 bits per heavy atom. The van der Waals surface area contributed by atoms with Crippen molar-refractivity contribution in [3.63, 3.8) is 0 Å². The maximum atomic E-state index is 14.5. The van der Waals surface area contributed by atoms with E-state index in [4.69, 9.17) is 23.9 Å². The summed E-state index contributed by atoms with van der Waals surface area (Å²) in [5.41, 5.74) is 5.32. The molecule has 1 unspecified atom stereocenters. The minimum atomic E-state index is -0.738. The summed E-state index contributed by atoms with van der Waals surface area (Å²) in [7, 11) is 1.48. The number of benzene rings is 2. The molecular weight excluding hydrogens is 679 g/mol. The van der Waals surface area contributed by atoms with Gasteiger partial charge in [-0.25, -0.2) is 23.7 Å². The Kier molecular flexibility index (Phi) is 7.65. The van der Waals surface area contributed by atoms with E-state index in [9.17, 15) is 18.4 Å². The number of hydrogen-bond donors (Lipinski definition) is 2. The van der Waals surface area contributed by atoms with E-state index in [0.717, 1.165) is 38.1 Å². The summed E-state index contributed by atoms with van der Waals surface area (Å²) in [4.78, 5) is 38.9. The number of aromatic nitrogens is 4. The van der Waals surface area contributed by atoms with Crippen molar-refractivity contribution in [2.75, 3.05) is 32.2 Å². The van der Waals surface area contributed by atoms with Crippen LogP contribution in [0, 0.1) is 11.6 Å². The fourth-order valence-electron chi connectivity index (χ4n) is 7.61. The molecule has 1 fully saturated rings. The van der Waals surface area contributed by atoms with Crippen molar-refractivity contribution in [1.29, 1.82) is 0 Å². The Bertz CT molecular complexity index is 2410. The maximum absolute atomic E-state index is 14.5. The van der Waals surface area contributed by atoms with Gasteiger partial charge in [0.25, 0.3) is 11.8 Å². The van der Waals surface area contributed by atoms with Gasteiger partial charge in [0, 0.05) is 28.7 Å². The lowest BCUT2D eigenvalue weighted by molar-refractivity contribution is 0.00352. The maximum Gasteiger partial charge on any atom is 0.434 e. The number of morpholine rings is 1. The number of aromatic amines is 1. The van der Waals surface area contributed by atoms with Gasteiger partial charge in [-0.05, 0) is 72.5 Å². The first-order valence-corrected chi connectivity index (χ1v) is 17.5. The van der Waals surface area contributed by atoms with Gasteiger partial charge < -0.3 is 24.1 Å². The highest BCUT2D eigenvalue weighted by molar-refractivity contribution is 7.23. The highest BCUT2D eigenvalue weighted by Gasteiger charge is 2.44. The molecule has 1 aliphatic carbocycles. The van der Waals surface area contributed by atoms with E-state index >= 15 is 0 Å². The number of rotatable bonds is 8. The summed E-state index contributed by atoms with van der Waals surface area (Å²) in [6.45, 7) is 1.14. The molecule has 51 heavy (non-hydrogen) atoms. The van der Waals surface area contributed by atoms with Gasteiger partial charge in [-0.1, -0.05) is 18.2 Å². The lowest BCUT2D eigenvalue weighted by atomic mass is 9.93. The van der Waals surface area contributed by atoms with E-state index in [2.05, 4.69) is 15.5 Å². The molecule has 2 atom stereocenters. The Hall–Kier alpha value is -5.47. The van der Waals surface area contributed by atoms with Crippen molar-refractivity contribution in [2.45, 2.75) is 37.8 Å². The second kappa shape index (κ2) is 12.4. The molecule has 258 valence electrons. The van der Waals surface area contributed by atoms with E-state index in [1.807, 2.05) is 12.1 Å². The molecule has 11 nitrogen and oxygen atoms in total. The number of ether oxygens (including phenoxy) is 2. The number of carbonyl (C=O) groups is 1. The van der Waals surface area contributed by atoms with Crippen molar-refractivity contribution in [3.8, 4) is 27.6 Å². The first-order chi connectivity index (χ1) is 24.9. The molecular formula is C37H30F2N6O5S. The fourth-order valence-corrected chi connectivity index (χ4v) is 8.77. The number of amides is 1. The van der Waals surface area contributed by atoms with Crippen molar-refractivity contribution in [1.82, 2.24) is 25.1 Å². The number of thiophene rings is 1. The third kappa shape index (κ3) is 5.28. The molecule has 2 aromatic carbocycles. The average Bonchev–Trinajstić information content (AvgIpc) is 3.93. The summed E-state index contributed by atoms with van der Waals surface area (Å²) in [6, 6.07) is 12.9. The molecule has 0 saturated carbocycles. The van der Waals surface area contributed by atoms with Gasteiger partial charge in [0.05, 0.1) is 59.6 Å². The predicted molar refractivity (Wildman–Crippen MR) is 185 cm³/mol. The monoisotopic (exact) mass is 708 g/mol. The molecule has 6 aromatic rings. The van der Waals surface area contributed by atoms with Crippen LogP contribution in [0.3, 0.4) is 0 Å². The van der Waals surface area contributed by atoms with Gasteiger partial charge in [-0.3, -0.25) is 9.78 Å². The van der Waals surface area contributed by atoms with E-state index in [-0.39, 0.29) is 41.3 Å². The van der Waals surface area contributed by atoms with Gasteiger partial charge >= 0.3 is 5.76 Å². The number of anilines is 1. The topological polar surface area (TPSA) is 135 Å². The van der Waals surface area contributed by atoms with Gasteiger partial charge in [-0.2, -0.15) is 0 Å². The molecule has 1 amide bonds. The summed E-state index contributed by atoms with van der Waals surface area (Å²) in [6.07, 6.45) is 4.02. The van der Waals surface area contributed by atoms with Crippen LogP contribution in [0.1, 0.15) is 56.9 Å². The van der Waals surface area contributed by atoms with Crippen LogP contribution in [-0.4, -0.2) is 57.8 Å². The lowest BCUT2D eigenvalue weighted by Crippen LogP contribution is -2.38. The highest BCUT2D eigenvalue weighted by Crippen LogP contribution is 2.49. The smallest absolute Gasteiger partial charge is 0.434 e. The first kappa shape index (κ1) is 31.5. The number of aryl methyl sites for hydroxylation is 2. The van der Waals surface area contributed by atoms with Gasteiger partial charge in [-0.15, -0.1) is 16.4 Å². The minimum absolute atomic E-state index is 0.0194. The van der Waals surface area contributed by atoms with Gasteiger partial charge in [0.2, 0.25) is 0 Å². The zero-order valence-electron chi connectivity index (χ0n) is 27.3. The van der Waals surface area contributed by atoms with Crippen LogP contribution in [0.25, 0.3) is 32.0 Å². The zero-order chi connectivity index (χ0) is 34.8. The molecule has 0 bridgehead atoms. The normalized spacial score (nSPS) is 17.9. The first-order valence-electron chi connectivity index (χ1n) is 16.6. The van der Waals surface area contributed by atoms with Gasteiger partial charge in [0.1, 0.15) is 11.6 Å². The molecule has 2 N–H and O–H groups in total. The number of methoxy groups -OCH3 is 1. The standard InChI is InChI=1S/C37H30F2N6O5S/c1-48-32-22-8-11-24(21(22)7-9-23(32)39)42-34-33-19(12-13-40-34)16-27(51-33)29-28(35-43-44-37(47)50-35)25(10-4-18-2-5-20(38)6-3-18)41-31-26-17-49-15-14-45(26)36(46)30(29)31/h2-3,5-7,9,12-13,16,24,26H,4,8,10-11,14-15,17H2,1H3,(H,40,42)(H,44,47)/t24-,26?/m1/s1. The fraction of sp³-hybridized carbons (Fsp3) is 0.270. The Morgan fingerprint density at radius 1 is 1.08 bits per heavy atom. The second-order valence-electron chi connectivity index (χ2n) is 12.8. The molecule has 14 heteroatoms. The summed E-state index contributed by atoms with van der Waals surface area (Å²) >= 11 is 1.45. The molecule has 4 aromatic heterocycles. The number of pyridine rings is 2. The van der Waals surface area contributed by atoms with Crippen molar-refractivity contribution < 1.29 is 27.5 Å². The van der Waals surface area contributed by atoms with E-state index < -0.39 is 5.76 Å². The van der Waals surface area contributed by atoms with Crippen LogP contribution >= 0.6 is 11.3 Å². The number of halogens is 2. The van der Waals surface area contributed by atoms with Gasteiger partial charge in [0.15, 0.2) is 11.6 Å². The largest absolute Gasteiger partial charge is 0.493 e. The van der Waals surface area contributed by atoms with E-state index in [1.54, 1.807) is 29.3 Å². The number of hydrogen-bond acceptors (Lipinski definition) is 10. The van der Waals surface area contributed by atoms with E-state index in [0.29, 0.717) is 72.9 Å². The third-order valence-corrected chi connectivity index (χ3v) is 11.1. The van der Waals surface area contributed by atoms with Crippen LogP contribution in [0.4, 0.5) is 14.6 Å². The Balaban J connectivity index is 1.20. The summed E-state index contributed by atoms with van der Waals surface area (Å²) in [5.74, 6) is -0.690. The molecule has 1 saturated heterocycles. The van der Waals surface area contributed by atoms with Crippen LogP contribution in [-0.2, 0) is 24.0 Å². The average molecular weight is 709 g/mol. The number of carbonyl (C=O) groups excluding carboxylic acids is 1. The van der Waals surface area contributed by atoms with Crippen LogP contribution in [0.2, 0.25) is 0 Å². The molecule has 0 radical (unpaired) electrons.